The van der Waals surface area contributed by atoms with E-state index in [-0.39, 0.29) is 5.05 Å². The molecule has 3 nitrogen and oxygen atoms in total. The maximum absolute atomic E-state index is 9.25. The van der Waals surface area contributed by atoms with E-state index in [9.17, 15) is 5.11 Å². The molecule has 0 aliphatic heterocycles. The highest BCUT2D eigenvalue weighted by Crippen LogP contribution is 2.24. The first-order valence-corrected chi connectivity index (χ1v) is 5.26. The van der Waals surface area contributed by atoms with Crippen LogP contribution in [0.15, 0.2) is 36.5 Å². The molecule has 2 heterocycles. The summed E-state index contributed by atoms with van der Waals surface area (Å²) in [5, 5.41) is 11.2. The molecular weight excluding hydrogens is 220 g/mol. The summed E-state index contributed by atoms with van der Waals surface area (Å²) in [5.74, 6) is 0. The van der Waals surface area contributed by atoms with Crippen LogP contribution in [0.4, 0.5) is 0 Å². The zero-order valence-electron chi connectivity index (χ0n) is 8.27. The third kappa shape index (κ3) is 1.27. The summed E-state index contributed by atoms with van der Waals surface area (Å²) in [4.78, 5) is 7.34. The minimum atomic E-state index is -0.174. The van der Waals surface area contributed by atoms with Gasteiger partial charge in [0.15, 0.2) is 0 Å². The molecule has 0 aliphatic rings. The normalized spacial score (nSPS) is 11.0. The van der Waals surface area contributed by atoms with Crippen molar-refractivity contribution in [2.75, 3.05) is 0 Å². The molecule has 4 heteroatoms. The predicted molar refractivity (Wildman–Crippen MR) is 67.9 cm³/mol. The Balaban J connectivity index is 2.44. The van der Waals surface area contributed by atoms with Crippen molar-refractivity contribution in [3.8, 4) is 0 Å². The van der Waals surface area contributed by atoms with E-state index < -0.39 is 0 Å². The first-order chi connectivity index (χ1) is 7.75. The zero-order chi connectivity index (χ0) is 11.1. The average Bonchev–Trinajstić information content (AvgIpc) is 2.66. The molecule has 3 rings (SSSR count). The molecule has 0 spiro atoms. The molecule has 0 amide bonds. The van der Waals surface area contributed by atoms with Crippen LogP contribution in [0.3, 0.4) is 0 Å². The molecule has 78 valence electrons. The van der Waals surface area contributed by atoms with Gasteiger partial charge in [-0.1, -0.05) is 18.2 Å². The Morgan fingerprint density at radius 2 is 2.00 bits per heavy atom. The van der Waals surface area contributed by atoms with E-state index in [2.05, 4.69) is 9.97 Å². The van der Waals surface area contributed by atoms with E-state index in [1.54, 1.807) is 12.3 Å². The van der Waals surface area contributed by atoms with Gasteiger partial charge < -0.3 is 10.1 Å². The molecule has 0 atom stereocenters. The van der Waals surface area contributed by atoms with Crippen LogP contribution >= 0.6 is 12.2 Å². The topological polar surface area (TPSA) is 48.9 Å². The van der Waals surface area contributed by atoms with E-state index in [1.807, 2.05) is 24.3 Å². The first kappa shape index (κ1) is 9.30. The van der Waals surface area contributed by atoms with Crippen molar-refractivity contribution < 1.29 is 5.11 Å². The van der Waals surface area contributed by atoms with Crippen molar-refractivity contribution >= 4 is 39.1 Å². The van der Waals surface area contributed by atoms with Crippen molar-refractivity contribution in [3.63, 3.8) is 0 Å². The second-order valence-electron chi connectivity index (χ2n) is 3.59. The summed E-state index contributed by atoms with van der Waals surface area (Å²) in [7, 11) is 0. The highest BCUT2D eigenvalue weighted by atomic mass is 32.1. The van der Waals surface area contributed by atoms with Gasteiger partial charge >= 0.3 is 0 Å². The second kappa shape index (κ2) is 3.28. The Morgan fingerprint density at radius 1 is 1.19 bits per heavy atom. The lowest BCUT2D eigenvalue weighted by molar-refractivity contribution is 0.568. The molecule has 0 fully saturated rings. The summed E-state index contributed by atoms with van der Waals surface area (Å²) in [5.41, 5.74) is 2.44. The number of hydrogen-bond acceptors (Lipinski definition) is 2. The van der Waals surface area contributed by atoms with Gasteiger partial charge in [-0.05, 0) is 24.4 Å². The quantitative estimate of drug-likeness (QED) is 0.629. The summed E-state index contributed by atoms with van der Waals surface area (Å²) >= 11 is 4.70. The van der Waals surface area contributed by atoms with Crippen LogP contribution in [0.1, 0.15) is 5.69 Å². The fraction of sp³-hybridized carbons (Fsp3) is 0. The minimum absolute atomic E-state index is 0.174. The average molecular weight is 228 g/mol. The molecule has 0 unspecified atom stereocenters. The van der Waals surface area contributed by atoms with Crippen LogP contribution < -0.4 is 0 Å². The summed E-state index contributed by atoms with van der Waals surface area (Å²) in [6.45, 7) is 0. The maximum atomic E-state index is 9.25. The smallest absolute Gasteiger partial charge is 0.207 e. The van der Waals surface area contributed by atoms with Gasteiger partial charge in [0.1, 0.15) is 5.69 Å². The van der Waals surface area contributed by atoms with Gasteiger partial charge in [-0.15, -0.1) is 0 Å². The van der Waals surface area contributed by atoms with Crippen LogP contribution in [0.25, 0.3) is 21.8 Å². The summed E-state index contributed by atoms with van der Waals surface area (Å²) in [6, 6.07) is 9.79. The van der Waals surface area contributed by atoms with Crippen molar-refractivity contribution in [1.29, 1.82) is 0 Å². The molecular formula is C12H8N2OS. The van der Waals surface area contributed by atoms with Crippen LogP contribution in [-0.2, 0) is 0 Å². The Hall–Kier alpha value is -1.94. The van der Waals surface area contributed by atoms with Crippen molar-refractivity contribution in [2.24, 2.45) is 0 Å². The van der Waals surface area contributed by atoms with Crippen molar-refractivity contribution in [3.05, 3.63) is 42.2 Å². The third-order valence-electron chi connectivity index (χ3n) is 2.61. The number of aliphatic hydroxyl groups excluding tert-OH is 1. The number of aromatic amines is 1. The number of pyridine rings is 1. The van der Waals surface area contributed by atoms with Crippen LogP contribution in [-0.4, -0.2) is 20.1 Å². The lowest BCUT2D eigenvalue weighted by Gasteiger charge is -1.95. The van der Waals surface area contributed by atoms with E-state index in [4.69, 9.17) is 12.2 Å². The van der Waals surface area contributed by atoms with E-state index >= 15 is 0 Å². The minimum Gasteiger partial charge on any atom is -0.497 e. The molecule has 2 aromatic heterocycles. The Labute approximate surface area is 96.7 Å². The van der Waals surface area contributed by atoms with Gasteiger partial charge in [-0.3, -0.25) is 0 Å². The number of para-hydroxylation sites is 1. The van der Waals surface area contributed by atoms with E-state index in [1.165, 1.54) is 0 Å². The number of nitrogens with zero attached hydrogens (tertiary/aromatic N) is 1. The SMILES string of the molecule is OC(=S)c1cc2c(cn1)[nH]c1ccccc12. The molecule has 16 heavy (non-hydrogen) atoms. The molecule has 0 saturated heterocycles. The zero-order valence-corrected chi connectivity index (χ0v) is 9.08. The molecule has 3 aromatic rings. The lowest BCUT2D eigenvalue weighted by Crippen LogP contribution is -1.97. The largest absolute Gasteiger partial charge is 0.497 e. The molecule has 1 aromatic carbocycles. The Kier molecular flexibility index (Phi) is 1.91. The third-order valence-corrected chi connectivity index (χ3v) is 2.82. The van der Waals surface area contributed by atoms with Gasteiger partial charge in [0.05, 0.1) is 11.7 Å². The number of nitrogens with one attached hydrogen (secondary N) is 1. The second-order valence-corrected chi connectivity index (χ2v) is 3.98. The number of H-pyrrole nitrogens is 1. The fourth-order valence-electron chi connectivity index (χ4n) is 1.87. The number of hydrogen-bond donors (Lipinski definition) is 2. The molecule has 0 aliphatic carbocycles. The van der Waals surface area contributed by atoms with Crippen LogP contribution in [0.2, 0.25) is 0 Å². The van der Waals surface area contributed by atoms with Crippen molar-refractivity contribution in [2.45, 2.75) is 0 Å². The standard InChI is InChI=1S/C12H8N2OS/c15-12(16)10-5-8-7-3-1-2-4-9(7)14-11(8)6-13-10/h1-6,14H,(H,15,16). The monoisotopic (exact) mass is 228 g/mol. The molecule has 0 saturated carbocycles. The van der Waals surface area contributed by atoms with Gasteiger partial charge in [-0.2, -0.15) is 0 Å². The lowest BCUT2D eigenvalue weighted by atomic mass is 10.2. The number of aliphatic hydroxyl groups is 1. The van der Waals surface area contributed by atoms with E-state index in [0.29, 0.717) is 5.69 Å². The van der Waals surface area contributed by atoms with Gasteiger partial charge in [-0.25, -0.2) is 4.98 Å². The number of thiocarbonyl (C=S) groups is 1. The molecule has 0 radical (unpaired) electrons. The maximum Gasteiger partial charge on any atom is 0.207 e. The van der Waals surface area contributed by atoms with Gasteiger partial charge in [0.25, 0.3) is 0 Å². The number of aromatic nitrogens is 2. The summed E-state index contributed by atoms with van der Waals surface area (Å²) in [6.07, 6.45) is 1.69. The summed E-state index contributed by atoms with van der Waals surface area (Å²) < 4.78 is 0. The van der Waals surface area contributed by atoms with Crippen LogP contribution in [0.5, 0.6) is 0 Å². The van der Waals surface area contributed by atoms with Gasteiger partial charge in [0.2, 0.25) is 5.05 Å². The molecule has 2 N–H and O–H groups in total. The Morgan fingerprint density at radius 3 is 2.81 bits per heavy atom. The highest BCUT2D eigenvalue weighted by Gasteiger charge is 2.06. The predicted octanol–water partition coefficient (Wildman–Crippen LogP) is 2.95. The Bertz CT molecular complexity index is 702. The van der Waals surface area contributed by atoms with Crippen molar-refractivity contribution in [1.82, 2.24) is 9.97 Å². The number of benzene rings is 1. The molecule has 0 bridgehead atoms. The highest BCUT2D eigenvalue weighted by molar-refractivity contribution is 7.80. The van der Waals surface area contributed by atoms with E-state index in [0.717, 1.165) is 21.8 Å². The van der Waals surface area contributed by atoms with Crippen LogP contribution in [0, 0.1) is 0 Å². The fourth-order valence-corrected chi connectivity index (χ4v) is 1.98. The first-order valence-electron chi connectivity index (χ1n) is 4.85. The van der Waals surface area contributed by atoms with Gasteiger partial charge in [0, 0.05) is 16.3 Å². The number of rotatable bonds is 1. The number of fused-ring (bicyclic) bond motifs is 3.